The van der Waals surface area contributed by atoms with Crippen molar-refractivity contribution in [1.82, 2.24) is 19.5 Å². The number of nitrogens with one attached hydrogen (secondary N) is 1. The van der Waals surface area contributed by atoms with E-state index in [0.29, 0.717) is 5.92 Å². The second-order valence-corrected chi connectivity index (χ2v) is 10.6. The number of nitrogens with zero attached hydrogens (tertiary/aromatic N) is 5. The summed E-state index contributed by atoms with van der Waals surface area (Å²) >= 11 is 1.44. The highest BCUT2D eigenvalue weighted by Gasteiger charge is 2.25. The maximum Gasteiger partial charge on any atom is 0.242 e. The van der Waals surface area contributed by atoms with E-state index in [1.807, 2.05) is 16.8 Å². The summed E-state index contributed by atoms with van der Waals surface area (Å²) in [5.74, 6) is 1.29. The second-order valence-electron chi connectivity index (χ2n) is 9.69. The number of piperidine rings is 1. The molecule has 2 aromatic heterocycles. The summed E-state index contributed by atoms with van der Waals surface area (Å²) in [6.45, 7) is 10.4. The Morgan fingerprint density at radius 3 is 2.53 bits per heavy atom. The fourth-order valence-electron chi connectivity index (χ4n) is 3.80. The topological polar surface area (TPSA) is 65.8 Å². The molecule has 1 amide bonds. The van der Waals surface area contributed by atoms with E-state index >= 15 is 0 Å². The Balaban J connectivity index is 1.60. The summed E-state index contributed by atoms with van der Waals surface area (Å²) in [6, 6.07) is 6.31. The zero-order valence-corrected chi connectivity index (χ0v) is 20.2. The third-order valence-electron chi connectivity index (χ3n) is 5.64. The Kier molecular flexibility index (Phi) is 6.11. The fourth-order valence-corrected chi connectivity index (χ4v) is 4.66. The van der Waals surface area contributed by atoms with Crippen molar-refractivity contribution in [2.75, 3.05) is 36.9 Å². The highest BCUT2D eigenvalue weighted by atomic mass is 32.1. The van der Waals surface area contributed by atoms with Gasteiger partial charge in [-0.25, -0.2) is 9.37 Å². The highest BCUT2D eigenvalue weighted by Crippen LogP contribution is 2.34. The monoisotopic (exact) mass is 458 g/mol. The van der Waals surface area contributed by atoms with Gasteiger partial charge in [0.05, 0.1) is 6.54 Å². The van der Waals surface area contributed by atoms with Crippen LogP contribution in [-0.4, -0.2) is 57.6 Å². The van der Waals surface area contributed by atoms with Gasteiger partial charge < -0.3 is 15.1 Å². The van der Waals surface area contributed by atoms with Crippen LogP contribution in [0.15, 0.2) is 24.3 Å². The van der Waals surface area contributed by atoms with Gasteiger partial charge in [-0.2, -0.15) is 4.52 Å². The second kappa shape index (κ2) is 8.69. The third kappa shape index (κ3) is 4.87. The van der Waals surface area contributed by atoms with Gasteiger partial charge in [0.15, 0.2) is 5.82 Å². The van der Waals surface area contributed by atoms with Gasteiger partial charge in [-0.05, 0) is 63.8 Å². The molecule has 1 saturated heterocycles. The molecule has 0 unspecified atom stereocenters. The van der Waals surface area contributed by atoms with Gasteiger partial charge in [0.2, 0.25) is 16.0 Å². The van der Waals surface area contributed by atoms with E-state index in [1.165, 1.54) is 23.5 Å². The molecule has 0 saturated carbocycles. The van der Waals surface area contributed by atoms with E-state index in [-0.39, 0.29) is 23.8 Å². The number of hydrogen-bond donors (Lipinski definition) is 1. The van der Waals surface area contributed by atoms with Crippen LogP contribution in [0.25, 0.3) is 16.2 Å². The predicted octanol–water partition coefficient (Wildman–Crippen LogP) is 4.50. The first-order valence-corrected chi connectivity index (χ1v) is 11.8. The lowest BCUT2D eigenvalue weighted by atomic mass is 9.99. The number of anilines is 2. The number of amides is 1. The van der Waals surface area contributed by atoms with Crippen LogP contribution in [0, 0.1) is 11.7 Å². The Hall–Kier alpha value is -2.68. The van der Waals surface area contributed by atoms with Crippen molar-refractivity contribution in [3.63, 3.8) is 0 Å². The number of halogens is 1. The number of carbonyl (C=O) groups is 1. The number of likely N-dealkylation sites (tertiary alicyclic amines) is 1. The normalized spacial score (nSPS) is 15.4. The predicted molar refractivity (Wildman–Crippen MR) is 128 cm³/mol. The molecule has 9 heteroatoms. The minimum atomic E-state index is -0.282. The largest absolute Gasteiger partial charge is 0.364 e. The van der Waals surface area contributed by atoms with Crippen LogP contribution in [0.1, 0.15) is 40.5 Å². The van der Waals surface area contributed by atoms with Crippen molar-refractivity contribution in [3.8, 4) is 11.3 Å². The first-order chi connectivity index (χ1) is 15.1. The van der Waals surface area contributed by atoms with Crippen LogP contribution < -0.4 is 10.2 Å². The zero-order chi connectivity index (χ0) is 23.0. The lowest BCUT2D eigenvalue weighted by molar-refractivity contribution is -0.130. The van der Waals surface area contributed by atoms with Crippen molar-refractivity contribution in [2.45, 2.75) is 46.1 Å². The van der Waals surface area contributed by atoms with Gasteiger partial charge in [0.1, 0.15) is 11.5 Å². The molecule has 0 aliphatic carbocycles. The van der Waals surface area contributed by atoms with E-state index in [1.54, 1.807) is 16.6 Å². The average Bonchev–Trinajstić information content (AvgIpc) is 3.27. The van der Waals surface area contributed by atoms with E-state index < -0.39 is 0 Å². The van der Waals surface area contributed by atoms with Crippen molar-refractivity contribution < 1.29 is 9.18 Å². The molecule has 1 aliphatic rings. The standard InChI is InChI=1S/C23H31FN6OS/c1-15-10-12-29(13-11-15)18(31)14-28(5)22-27-30-20(26-23(2,3)4)19(25-21(30)32-22)16-6-8-17(24)9-7-16/h6-9,15,26H,10-14H2,1-5H3. The first-order valence-electron chi connectivity index (χ1n) is 11.0. The smallest absolute Gasteiger partial charge is 0.242 e. The summed E-state index contributed by atoms with van der Waals surface area (Å²) < 4.78 is 15.2. The average molecular weight is 459 g/mol. The molecular weight excluding hydrogens is 427 g/mol. The molecule has 172 valence electrons. The molecule has 0 spiro atoms. The Morgan fingerprint density at radius 2 is 1.91 bits per heavy atom. The van der Waals surface area contributed by atoms with Crippen LogP contribution in [0.5, 0.6) is 0 Å². The number of likely N-dealkylation sites (N-methyl/N-ethyl adjacent to an activating group) is 1. The number of fused-ring (bicyclic) bond motifs is 1. The SMILES string of the molecule is CC1CCN(C(=O)CN(C)c2nn3c(NC(C)(C)C)c(-c4ccc(F)cc4)nc3s2)CC1. The first kappa shape index (κ1) is 22.5. The lowest BCUT2D eigenvalue weighted by Crippen LogP contribution is -2.43. The summed E-state index contributed by atoms with van der Waals surface area (Å²) in [6.07, 6.45) is 2.13. The highest BCUT2D eigenvalue weighted by molar-refractivity contribution is 7.20. The molecule has 4 rings (SSSR count). The molecule has 1 N–H and O–H groups in total. The van der Waals surface area contributed by atoms with E-state index in [4.69, 9.17) is 10.1 Å². The maximum atomic E-state index is 13.4. The van der Waals surface area contributed by atoms with Gasteiger partial charge in [0.25, 0.3) is 0 Å². The summed E-state index contributed by atoms with van der Waals surface area (Å²) in [4.78, 5) is 22.1. The summed E-state index contributed by atoms with van der Waals surface area (Å²) in [5.41, 5.74) is 1.33. The lowest BCUT2D eigenvalue weighted by Gasteiger charge is -2.31. The molecule has 1 aliphatic heterocycles. The van der Waals surface area contributed by atoms with Crippen molar-refractivity contribution in [1.29, 1.82) is 0 Å². The van der Waals surface area contributed by atoms with Gasteiger partial charge in [0, 0.05) is 31.2 Å². The zero-order valence-electron chi connectivity index (χ0n) is 19.4. The Morgan fingerprint density at radius 1 is 1.25 bits per heavy atom. The number of aromatic nitrogens is 3. The van der Waals surface area contributed by atoms with Crippen LogP contribution in [0.3, 0.4) is 0 Å². The molecule has 1 fully saturated rings. The van der Waals surface area contributed by atoms with Crippen LogP contribution >= 0.6 is 11.3 Å². The van der Waals surface area contributed by atoms with Crippen LogP contribution in [-0.2, 0) is 4.79 Å². The molecular formula is C23H31FN6OS. The van der Waals surface area contributed by atoms with Gasteiger partial charge in [-0.3, -0.25) is 4.79 Å². The molecule has 1 aromatic carbocycles. The molecule has 0 atom stereocenters. The molecule has 7 nitrogen and oxygen atoms in total. The van der Waals surface area contributed by atoms with Gasteiger partial charge in [-0.1, -0.05) is 18.3 Å². The van der Waals surface area contributed by atoms with Gasteiger partial charge >= 0.3 is 0 Å². The Bertz CT molecular complexity index is 1090. The van der Waals surface area contributed by atoms with Crippen molar-refractivity contribution in [2.24, 2.45) is 5.92 Å². The molecule has 32 heavy (non-hydrogen) atoms. The van der Waals surface area contributed by atoms with E-state index in [2.05, 4.69) is 33.0 Å². The van der Waals surface area contributed by atoms with Crippen LogP contribution in [0.2, 0.25) is 0 Å². The summed E-state index contributed by atoms with van der Waals surface area (Å²) in [5, 5.41) is 8.98. The molecule has 3 aromatic rings. The maximum absolute atomic E-state index is 13.4. The summed E-state index contributed by atoms with van der Waals surface area (Å²) in [7, 11) is 1.89. The number of imidazole rings is 1. The third-order valence-corrected chi connectivity index (χ3v) is 6.66. The van der Waals surface area contributed by atoms with Crippen molar-refractivity contribution >= 4 is 33.2 Å². The minimum absolute atomic E-state index is 0.132. The van der Waals surface area contributed by atoms with Crippen LogP contribution in [0.4, 0.5) is 15.3 Å². The quantitative estimate of drug-likeness (QED) is 0.610. The molecule has 0 bridgehead atoms. The fraction of sp³-hybridized carbons (Fsp3) is 0.522. The van der Waals surface area contributed by atoms with Gasteiger partial charge in [-0.15, -0.1) is 5.10 Å². The minimum Gasteiger partial charge on any atom is -0.364 e. The number of rotatable bonds is 5. The number of hydrogen-bond acceptors (Lipinski definition) is 6. The Labute approximate surface area is 192 Å². The van der Waals surface area contributed by atoms with Crippen molar-refractivity contribution in [3.05, 3.63) is 30.1 Å². The van der Waals surface area contributed by atoms with E-state index in [9.17, 15) is 9.18 Å². The number of carbonyl (C=O) groups excluding carboxylic acids is 1. The molecule has 3 heterocycles. The number of benzene rings is 1. The van der Waals surface area contributed by atoms with E-state index in [0.717, 1.165) is 53.1 Å². The molecule has 0 radical (unpaired) electrons.